The van der Waals surface area contributed by atoms with E-state index in [1.165, 1.54) is 0 Å². The van der Waals surface area contributed by atoms with Crippen molar-refractivity contribution in [3.05, 3.63) is 41.4 Å². The molecular weight excluding hydrogens is 268 g/mol. The Kier molecular flexibility index (Phi) is 3.90. The average molecular weight is 288 g/mol. The fraction of sp³-hybridized carbons (Fsp3) is 0.467. The molecule has 6 nitrogen and oxygen atoms in total. The minimum absolute atomic E-state index is 0.162. The molecule has 6 heteroatoms. The van der Waals surface area contributed by atoms with Gasteiger partial charge in [-0.3, -0.25) is 4.90 Å². The van der Waals surface area contributed by atoms with Crippen LogP contribution < -0.4 is 5.73 Å². The molecule has 0 spiro atoms. The van der Waals surface area contributed by atoms with E-state index in [9.17, 15) is 5.11 Å². The average Bonchev–Trinajstić information content (AvgIpc) is 3.00. The smallest absolute Gasteiger partial charge is 0.137 e. The Morgan fingerprint density at radius 2 is 2.33 bits per heavy atom. The lowest BCUT2D eigenvalue weighted by Crippen LogP contribution is -2.22. The fourth-order valence-electron chi connectivity index (χ4n) is 2.87. The zero-order valence-corrected chi connectivity index (χ0v) is 12.1. The second kappa shape index (κ2) is 5.83. The van der Waals surface area contributed by atoms with Crippen molar-refractivity contribution in [1.29, 1.82) is 0 Å². The summed E-state index contributed by atoms with van der Waals surface area (Å²) in [6.45, 7) is 4.07. The number of pyridine rings is 1. The molecular formula is C15H20N4O2. The first-order valence-electron chi connectivity index (χ1n) is 7.14. The highest BCUT2D eigenvalue weighted by molar-refractivity contribution is 5.38. The third-order valence-electron chi connectivity index (χ3n) is 3.94. The minimum atomic E-state index is -0.353. The van der Waals surface area contributed by atoms with E-state index in [2.05, 4.69) is 15.0 Å². The van der Waals surface area contributed by atoms with Crippen molar-refractivity contribution in [1.82, 2.24) is 15.0 Å². The van der Waals surface area contributed by atoms with Crippen LogP contribution in [0, 0.1) is 12.8 Å². The summed E-state index contributed by atoms with van der Waals surface area (Å²) in [4.78, 5) is 6.30. The zero-order valence-electron chi connectivity index (χ0n) is 12.1. The number of nitrogen functional groups attached to an aromatic ring is 1. The van der Waals surface area contributed by atoms with Crippen molar-refractivity contribution in [3.8, 4) is 0 Å². The Bertz CT molecular complexity index is 613. The van der Waals surface area contributed by atoms with Gasteiger partial charge in [0.1, 0.15) is 11.6 Å². The topological polar surface area (TPSA) is 88.4 Å². The van der Waals surface area contributed by atoms with E-state index >= 15 is 0 Å². The van der Waals surface area contributed by atoms with Gasteiger partial charge in [0.25, 0.3) is 0 Å². The van der Waals surface area contributed by atoms with Gasteiger partial charge in [-0.15, -0.1) is 0 Å². The molecule has 112 valence electrons. The number of aliphatic hydroxyl groups excluding tert-OH is 1. The van der Waals surface area contributed by atoms with Crippen LogP contribution in [0.5, 0.6) is 0 Å². The van der Waals surface area contributed by atoms with Crippen molar-refractivity contribution in [3.63, 3.8) is 0 Å². The highest BCUT2D eigenvalue weighted by atomic mass is 16.5. The first kappa shape index (κ1) is 14.0. The number of nitrogens with two attached hydrogens (primary N) is 1. The second-order valence-electron chi connectivity index (χ2n) is 5.71. The van der Waals surface area contributed by atoms with Crippen LogP contribution in [0.3, 0.4) is 0 Å². The summed E-state index contributed by atoms with van der Waals surface area (Å²) in [6.07, 6.45) is 2.04. The number of aliphatic hydroxyl groups is 1. The molecule has 0 radical (unpaired) electrons. The predicted molar refractivity (Wildman–Crippen MR) is 78.4 cm³/mol. The SMILES string of the molecule is Cc1cc(C[C@@H]2CN(Cc3cccnc3N)C[C@H]2O)on1. The number of rotatable bonds is 4. The van der Waals surface area contributed by atoms with Gasteiger partial charge in [0, 0.05) is 49.8 Å². The van der Waals surface area contributed by atoms with Gasteiger partial charge in [-0.25, -0.2) is 4.98 Å². The minimum Gasteiger partial charge on any atom is -0.391 e. The predicted octanol–water partition coefficient (Wildman–Crippen LogP) is 0.996. The Labute approximate surface area is 123 Å². The number of β-amino-alcohol motifs (C(OH)–C–C–N with tert-alkyl or cyclic N) is 1. The van der Waals surface area contributed by atoms with Gasteiger partial charge in [0.05, 0.1) is 11.8 Å². The Balaban J connectivity index is 1.62. The van der Waals surface area contributed by atoms with Crippen LogP contribution in [0.4, 0.5) is 5.82 Å². The summed E-state index contributed by atoms with van der Waals surface area (Å²) in [5, 5.41) is 14.1. The fourth-order valence-corrected chi connectivity index (χ4v) is 2.87. The normalized spacial score (nSPS) is 22.8. The quantitative estimate of drug-likeness (QED) is 0.872. The van der Waals surface area contributed by atoms with E-state index in [0.717, 1.165) is 23.6 Å². The van der Waals surface area contributed by atoms with Crippen molar-refractivity contribution in [2.45, 2.75) is 26.0 Å². The Hall–Kier alpha value is -1.92. The molecule has 0 bridgehead atoms. The lowest BCUT2D eigenvalue weighted by atomic mass is 10.0. The number of likely N-dealkylation sites (tertiary alicyclic amines) is 1. The van der Waals surface area contributed by atoms with Crippen molar-refractivity contribution < 1.29 is 9.63 Å². The highest BCUT2D eigenvalue weighted by Crippen LogP contribution is 2.24. The van der Waals surface area contributed by atoms with Gasteiger partial charge in [-0.05, 0) is 13.0 Å². The second-order valence-corrected chi connectivity index (χ2v) is 5.71. The summed E-state index contributed by atoms with van der Waals surface area (Å²) < 4.78 is 5.24. The largest absolute Gasteiger partial charge is 0.391 e. The Morgan fingerprint density at radius 1 is 1.48 bits per heavy atom. The van der Waals surface area contributed by atoms with Crippen molar-refractivity contribution in [2.24, 2.45) is 5.92 Å². The van der Waals surface area contributed by atoms with Crippen LogP contribution in [-0.4, -0.2) is 39.3 Å². The number of aromatic nitrogens is 2. The molecule has 1 saturated heterocycles. The van der Waals surface area contributed by atoms with Gasteiger partial charge in [-0.2, -0.15) is 0 Å². The molecule has 0 aromatic carbocycles. The molecule has 3 N–H and O–H groups in total. The molecule has 1 aliphatic rings. The number of anilines is 1. The number of hydrogen-bond donors (Lipinski definition) is 2. The van der Waals surface area contributed by atoms with Gasteiger partial charge in [0.2, 0.25) is 0 Å². The molecule has 1 fully saturated rings. The van der Waals surface area contributed by atoms with Crippen LogP contribution in [0.25, 0.3) is 0 Å². The van der Waals surface area contributed by atoms with Crippen molar-refractivity contribution >= 4 is 5.82 Å². The molecule has 0 saturated carbocycles. The molecule has 0 aliphatic carbocycles. The maximum absolute atomic E-state index is 10.2. The van der Waals surface area contributed by atoms with Gasteiger partial charge in [-0.1, -0.05) is 11.2 Å². The summed E-state index contributed by atoms with van der Waals surface area (Å²) >= 11 is 0. The van der Waals surface area contributed by atoms with E-state index in [1.807, 2.05) is 25.1 Å². The standard InChI is InChI=1S/C15H20N4O2/c1-10-5-13(21-18-10)6-12-8-19(9-14(12)20)7-11-3-2-4-17-15(11)16/h2-5,12,14,20H,6-9H2,1H3,(H2,16,17)/t12-,14-/m1/s1. The zero-order chi connectivity index (χ0) is 14.8. The summed E-state index contributed by atoms with van der Waals surface area (Å²) in [5.74, 6) is 1.55. The molecule has 2 atom stereocenters. The number of hydrogen-bond acceptors (Lipinski definition) is 6. The van der Waals surface area contributed by atoms with Crippen LogP contribution >= 0.6 is 0 Å². The summed E-state index contributed by atoms with van der Waals surface area (Å²) in [7, 11) is 0. The highest BCUT2D eigenvalue weighted by Gasteiger charge is 2.32. The number of aryl methyl sites for hydroxylation is 1. The van der Waals surface area contributed by atoms with E-state index in [4.69, 9.17) is 10.3 Å². The van der Waals surface area contributed by atoms with Crippen LogP contribution in [0.2, 0.25) is 0 Å². The van der Waals surface area contributed by atoms with Crippen molar-refractivity contribution in [2.75, 3.05) is 18.8 Å². The first-order chi connectivity index (χ1) is 10.1. The molecule has 0 amide bonds. The molecule has 1 aliphatic heterocycles. The lowest BCUT2D eigenvalue weighted by molar-refractivity contribution is 0.137. The maximum atomic E-state index is 10.2. The molecule has 0 unspecified atom stereocenters. The van der Waals surface area contributed by atoms with E-state index in [1.54, 1.807) is 6.20 Å². The summed E-state index contributed by atoms with van der Waals surface area (Å²) in [6, 6.07) is 5.78. The monoisotopic (exact) mass is 288 g/mol. The Morgan fingerprint density at radius 3 is 3.05 bits per heavy atom. The van der Waals surface area contributed by atoms with Crippen LogP contribution in [0.15, 0.2) is 28.9 Å². The third-order valence-corrected chi connectivity index (χ3v) is 3.94. The van der Waals surface area contributed by atoms with Crippen LogP contribution in [-0.2, 0) is 13.0 Å². The van der Waals surface area contributed by atoms with Gasteiger partial charge >= 0.3 is 0 Å². The molecule has 21 heavy (non-hydrogen) atoms. The summed E-state index contributed by atoms with van der Waals surface area (Å²) in [5.41, 5.74) is 7.74. The third kappa shape index (κ3) is 3.22. The molecule has 3 rings (SSSR count). The van der Waals surface area contributed by atoms with Gasteiger partial charge < -0.3 is 15.4 Å². The van der Waals surface area contributed by atoms with E-state index < -0.39 is 0 Å². The molecule has 2 aromatic heterocycles. The van der Waals surface area contributed by atoms with E-state index in [0.29, 0.717) is 25.3 Å². The number of nitrogens with zero attached hydrogens (tertiary/aromatic N) is 3. The van der Waals surface area contributed by atoms with E-state index in [-0.39, 0.29) is 12.0 Å². The molecule has 2 aromatic rings. The van der Waals surface area contributed by atoms with Crippen LogP contribution in [0.1, 0.15) is 17.0 Å². The van der Waals surface area contributed by atoms with Gasteiger partial charge in [0.15, 0.2) is 0 Å². The lowest BCUT2D eigenvalue weighted by Gasteiger charge is -2.16. The maximum Gasteiger partial charge on any atom is 0.137 e. The first-order valence-corrected chi connectivity index (χ1v) is 7.14. The molecule has 3 heterocycles.